The highest BCUT2D eigenvalue weighted by atomic mass is 19.4. The maximum atomic E-state index is 12.4. The van der Waals surface area contributed by atoms with Crippen LogP contribution in [0.1, 0.15) is 11.4 Å². The van der Waals surface area contributed by atoms with Crippen LogP contribution in [-0.2, 0) is 6.18 Å². The second kappa shape index (κ2) is 3.33. The first-order chi connectivity index (χ1) is 7.38. The number of nitrogens with zero attached hydrogens (tertiary/aromatic N) is 2. The van der Waals surface area contributed by atoms with Crippen LogP contribution in [0.5, 0.6) is 0 Å². The van der Waals surface area contributed by atoms with Gasteiger partial charge in [0, 0.05) is 5.39 Å². The highest BCUT2D eigenvalue weighted by Gasteiger charge is 2.35. The van der Waals surface area contributed by atoms with Crippen LogP contribution in [0.3, 0.4) is 0 Å². The number of nitrogens with two attached hydrogens (primary N) is 1. The molecule has 0 fully saturated rings. The van der Waals surface area contributed by atoms with E-state index in [1.54, 1.807) is 12.1 Å². The van der Waals surface area contributed by atoms with Crippen LogP contribution >= 0.6 is 0 Å². The van der Waals surface area contributed by atoms with Crippen molar-refractivity contribution in [3.63, 3.8) is 0 Å². The zero-order valence-corrected chi connectivity index (χ0v) is 8.34. The molecule has 0 spiro atoms. The summed E-state index contributed by atoms with van der Waals surface area (Å²) in [6.07, 6.45) is -4.58. The van der Waals surface area contributed by atoms with Crippen molar-refractivity contribution in [1.29, 1.82) is 0 Å². The van der Waals surface area contributed by atoms with E-state index in [2.05, 4.69) is 9.97 Å². The second-order valence-electron chi connectivity index (χ2n) is 3.45. The molecular formula is C10H8F3N3. The minimum absolute atomic E-state index is 0.152. The summed E-state index contributed by atoms with van der Waals surface area (Å²) in [5.41, 5.74) is 6.56. The molecule has 6 heteroatoms. The molecule has 0 bridgehead atoms. The van der Waals surface area contributed by atoms with Crippen LogP contribution in [0.2, 0.25) is 0 Å². The van der Waals surface area contributed by atoms with E-state index in [0.29, 0.717) is 5.39 Å². The lowest BCUT2D eigenvalue weighted by molar-refractivity contribution is -0.144. The molecular weight excluding hydrogens is 219 g/mol. The summed E-state index contributed by atoms with van der Waals surface area (Å²) in [5.74, 6) is -1.36. The Bertz CT molecular complexity index is 549. The number of halogens is 3. The quantitative estimate of drug-likeness (QED) is 0.752. The summed E-state index contributed by atoms with van der Waals surface area (Å²) in [6.45, 7) is 1.82. The fraction of sp³-hybridized carbons (Fsp3) is 0.200. The first-order valence-electron chi connectivity index (χ1n) is 4.49. The van der Waals surface area contributed by atoms with Gasteiger partial charge in [0.25, 0.3) is 0 Å². The topological polar surface area (TPSA) is 51.8 Å². The molecule has 0 unspecified atom stereocenters. The Morgan fingerprint density at radius 2 is 1.88 bits per heavy atom. The zero-order valence-electron chi connectivity index (χ0n) is 8.34. The van der Waals surface area contributed by atoms with E-state index >= 15 is 0 Å². The van der Waals surface area contributed by atoms with Crippen molar-refractivity contribution in [2.45, 2.75) is 13.1 Å². The Hall–Kier alpha value is -1.85. The number of alkyl halides is 3. The number of rotatable bonds is 0. The molecule has 2 N–H and O–H groups in total. The van der Waals surface area contributed by atoms with Crippen molar-refractivity contribution in [3.05, 3.63) is 29.6 Å². The Morgan fingerprint density at radius 1 is 1.19 bits per heavy atom. The second-order valence-corrected chi connectivity index (χ2v) is 3.45. The number of aromatic nitrogens is 2. The maximum absolute atomic E-state index is 12.4. The van der Waals surface area contributed by atoms with E-state index in [4.69, 9.17) is 5.73 Å². The highest BCUT2D eigenvalue weighted by molar-refractivity contribution is 5.88. The smallest absolute Gasteiger partial charge is 0.383 e. The van der Waals surface area contributed by atoms with Gasteiger partial charge in [0.15, 0.2) is 0 Å². The molecule has 2 aromatic rings. The number of hydrogen-bond donors (Lipinski definition) is 1. The van der Waals surface area contributed by atoms with Crippen LogP contribution in [0.15, 0.2) is 18.2 Å². The third kappa shape index (κ3) is 1.78. The van der Waals surface area contributed by atoms with Crippen molar-refractivity contribution < 1.29 is 13.2 Å². The number of aryl methyl sites for hydroxylation is 1. The van der Waals surface area contributed by atoms with E-state index in [1.165, 1.54) is 6.07 Å². The SMILES string of the molecule is Cc1ccc2nc(C(F)(F)F)nc(N)c2c1. The summed E-state index contributed by atoms with van der Waals surface area (Å²) in [7, 11) is 0. The molecule has 0 atom stereocenters. The lowest BCUT2D eigenvalue weighted by atomic mass is 10.1. The fourth-order valence-corrected chi connectivity index (χ4v) is 1.39. The zero-order chi connectivity index (χ0) is 11.9. The number of anilines is 1. The van der Waals surface area contributed by atoms with Gasteiger partial charge in [-0.25, -0.2) is 9.97 Å². The maximum Gasteiger partial charge on any atom is 0.451 e. The van der Waals surface area contributed by atoms with Crippen molar-refractivity contribution in [1.82, 2.24) is 9.97 Å². The van der Waals surface area contributed by atoms with Gasteiger partial charge in [0.05, 0.1) is 5.52 Å². The first kappa shape index (κ1) is 10.7. The third-order valence-corrected chi connectivity index (χ3v) is 2.13. The lowest BCUT2D eigenvalue weighted by Gasteiger charge is -2.08. The van der Waals surface area contributed by atoms with Crippen molar-refractivity contribution >= 4 is 16.7 Å². The predicted molar refractivity (Wildman–Crippen MR) is 53.7 cm³/mol. The Kier molecular flexibility index (Phi) is 2.22. The molecule has 3 nitrogen and oxygen atoms in total. The molecule has 84 valence electrons. The van der Waals surface area contributed by atoms with E-state index in [0.717, 1.165) is 5.56 Å². The molecule has 0 amide bonds. The van der Waals surface area contributed by atoms with Crippen LogP contribution in [0.4, 0.5) is 19.0 Å². The summed E-state index contributed by atoms with van der Waals surface area (Å²) < 4.78 is 37.2. The van der Waals surface area contributed by atoms with Gasteiger partial charge >= 0.3 is 6.18 Å². The average Bonchev–Trinajstić information content (AvgIpc) is 2.17. The lowest BCUT2D eigenvalue weighted by Crippen LogP contribution is -2.12. The molecule has 0 saturated heterocycles. The number of hydrogen-bond acceptors (Lipinski definition) is 3. The fourth-order valence-electron chi connectivity index (χ4n) is 1.39. The molecule has 0 radical (unpaired) electrons. The predicted octanol–water partition coefficient (Wildman–Crippen LogP) is 2.54. The molecule has 1 aromatic heterocycles. The molecule has 0 aliphatic rings. The molecule has 16 heavy (non-hydrogen) atoms. The molecule has 0 saturated carbocycles. The molecule has 0 aliphatic carbocycles. The van der Waals surface area contributed by atoms with Gasteiger partial charge in [-0.3, -0.25) is 0 Å². The minimum Gasteiger partial charge on any atom is -0.383 e. The third-order valence-electron chi connectivity index (χ3n) is 2.13. The monoisotopic (exact) mass is 227 g/mol. The largest absolute Gasteiger partial charge is 0.451 e. The van der Waals surface area contributed by atoms with Gasteiger partial charge in [-0.15, -0.1) is 0 Å². The van der Waals surface area contributed by atoms with Gasteiger partial charge in [0.1, 0.15) is 5.82 Å². The van der Waals surface area contributed by atoms with E-state index < -0.39 is 12.0 Å². The van der Waals surface area contributed by atoms with Crippen LogP contribution in [0, 0.1) is 6.92 Å². The Labute approximate surface area is 89.1 Å². The first-order valence-corrected chi connectivity index (χ1v) is 4.49. The molecule has 0 aliphatic heterocycles. The summed E-state index contributed by atoms with van der Waals surface area (Å²) in [4.78, 5) is 6.69. The molecule has 1 heterocycles. The van der Waals surface area contributed by atoms with Crippen molar-refractivity contribution in [2.24, 2.45) is 0 Å². The summed E-state index contributed by atoms with van der Waals surface area (Å²) in [5, 5.41) is 0.438. The van der Waals surface area contributed by atoms with Gasteiger partial charge in [-0.05, 0) is 19.1 Å². The normalized spacial score (nSPS) is 12.0. The van der Waals surface area contributed by atoms with E-state index in [1.807, 2.05) is 6.92 Å². The van der Waals surface area contributed by atoms with Gasteiger partial charge < -0.3 is 5.73 Å². The Morgan fingerprint density at radius 3 is 2.50 bits per heavy atom. The van der Waals surface area contributed by atoms with Crippen molar-refractivity contribution in [2.75, 3.05) is 5.73 Å². The minimum atomic E-state index is -4.58. The van der Waals surface area contributed by atoms with Crippen LogP contribution < -0.4 is 5.73 Å². The average molecular weight is 227 g/mol. The van der Waals surface area contributed by atoms with E-state index in [-0.39, 0.29) is 11.3 Å². The van der Waals surface area contributed by atoms with E-state index in [9.17, 15) is 13.2 Å². The standard InChI is InChI=1S/C10H8F3N3/c1-5-2-3-7-6(4-5)8(14)16-9(15-7)10(11,12)13/h2-4H,1H3,(H2,14,15,16). The number of nitrogen functional groups attached to an aromatic ring is 1. The summed E-state index contributed by atoms with van der Waals surface area (Å²) >= 11 is 0. The number of benzene rings is 1. The van der Waals surface area contributed by atoms with Crippen LogP contribution in [-0.4, -0.2) is 9.97 Å². The number of fused-ring (bicyclic) bond motifs is 1. The van der Waals surface area contributed by atoms with Crippen LogP contribution in [0.25, 0.3) is 10.9 Å². The van der Waals surface area contributed by atoms with Crippen molar-refractivity contribution in [3.8, 4) is 0 Å². The summed E-state index contributed by atoms with van der Waals surface area (Å²) in [6, 6.07) is 4.83. The van der Waals surface area contributed by atoms with Gasteiger partial charge in [-0.1, -0.05) is 11.6 Å². The van der Waals surface area contributed by atoms with Gasteiger partial charge in [0.2, 0.25) is 5.82 Å². The Balaban J connectivity index is 2.74. The molecule has 1 aromatic carbocycles. The molecule has 2 rings (SSSR count). The highest BCUT2D eigenvalue weighted by Crippen LogP contribution is 2.29. The van der Waals surface area contributed by atoms with Gasteiger partial charge in [-0.2, -0.15) is 13.2 Å².